The summed E-state index contributed by atoms with van der Waals surface area (Å²) in [7, 11) is 0. The van der Waals surface area contributed by atoms with Crippen LogP contribution in [0.2, 0.25) is 0 Å². The molecule has 0 amide bonds. The van der Waals surface area contributed by atoms with Crippen LogP contribution in [0.5, 0.6) is 0 Å². The molecule has 44 heavy (non-hydrogen) atoms. The summed E-state index contributed by atoms with van der Waals surface area (Å²) in [6.07, 6.45) is 9.26. The molecule has 0 saturated heterocycles. The highest BCUT2D eigenvalue weighted by Crippen LogP contribution is 2.59. The van der Waals surface area contributed by atoms with Crippen molar-refractivity contribution in [2.75, 3.05) is 0 Å². The molecule has 0 nitrogen and oxygen atoms in total. The second kappa shape index (κ2) is 6.69. The van der Waals surface area contributed by atoms with E-state index in [1.807, 2.05) is 0 Å². The van der Waals surface area contributed by atoms with Gasteiger partial charge in [-0.1, -0.05) is 109 Å². The van der Waals surface area contributed by atoms with Gasteiger partial charge >= 0.3 is 0 Å². The van der Waals surface area contributed by atoms with E-state index in [-0.39, 0.29) is 0 Å². The highest BCUT2D eigenvalue weighted by molar-refractivity contribution is 6.57. The van der Waals surface area contributed by atoms with Gasteiger partial charge in [-0.25, -0.2) is 0 Å². The molecule has 0 heterocycles. The van der Waals surface area contributed by atoms with E-state index in [9.17, 15) is 0 Å². The molecule has 11 aromatic rings. The van der Waals surface area contributed by atoms with Crippen molar-refractivity contribution in [2.45, 2.75) is 12.8 Å². The molecule has 2 aliphatic rings. The molecular weight excluding hydrogens is 528 g/mol. The van der Waals surface area contributed by atoms with Crippen LogP contribution in [0.15, 0.2) is 103 Å². The molecule has 0 aliphatic heterocycles. The van der Waals surface area contributed by atoms with Gasteiger partial charge in [-0.3, -0.25) is 0 Å². The second-order valence-electron chi connectivity index (χ2n) is 13.3. The summed E-state index contributed by atoms with van der Waals surface area (Å²) in [6, 6.07) is 35.3. The Bertz CT molecular complexity index is 3170. The maximum atomic E-state index is 2.50. The first-order valence-corrected chi connectivity index (χ1v) is 15.9. The van der Waals surface area contributed by atoms with Crippen molar-refractivity contribution in [3.63, 3.8) is 0 Å². The Balaban J connectivity index is 1.60. The standard InChI is InChI=1S/C44H22/c1-2-9-23-24-11-4-13-27-28-15-6-17-30-32-19-7-18-31-29-16-5-14-26-25-12-3-10-22-21(8-1)20-33(23)39-40(34(22)25)42(36(26)29)44(38(31)32)43(37(28)30)41(39)35(24)27/h2-19H,1,20H2/b9-2-,21-8+. The monoisotopic (exact) mass is 550 g/mol. The maximum Gasteiger partial charge on any atom is -0.0000480 e. The normalized spacial score (nSPS) is 17.0. The summed E-state index contributed by atoms with van der Waals surface area (Å²) in [5.74, 6) is 0. The Kier molecular flexibility index (Phi) is 3.23. The summed E-state index contributed by atoms with van der Waals surface area (Å²) >= 11 is 0. The maximum absolute atomic E-state index is 2.50. The van der Waals surface area contributed by atoms with E-state index in [1.165, 1.54) is 130 Å². The van der Waals surface area contributed by atoms with Crippen molar-refractivity contribution in [3.8, 4) is 0 Å². The Hall–Kier alpha value is -5.46. The fourth-order valence-corrected chi connectivity index (χ4v) is 10.2. The van der Waals surface area contributed by atoms with Gasteiger partial charge in [0.2, 0.25) is 0 Å². The van der Waals surface area contributed by atoms with Gasteiger partial charge in [-0.2, -0.15) is 0 Å². The molecular formula is C44H22. The quantitative estimate of drug-likeness (QED) is 0.130. The average Bonchev–Trinajstić information content (AvgIpc) is 3.21. The number of benzene rings is 11. The first-order chi connectivity index (χ1) is 21.9. The zero-order chi connectivity index (χ0) is 28.0. The highest BCUT2D eigenvalue weighted by atomic mass is 14.3. The minimum absolute atomic E-state index is 0.959. The van der Waals surface area contributed by atoms with Gasteiger partial charge < -0.3 is 0 Å². The van der Waals surface area contributed by atoms with Crippen LogP contribution in [-0.4, -0.2) is 0 Å². The lowest BCUT2D eigenvalue weighted by molar-refractivity contribution is 1.27. The molecule has 2 bridgehead atoms. The molecule has 0 heteroatoms. The Labute approximate surface area is 251 Å². The van der Waals surface area contributed by atoms with Crippen LogP contribution in [-0.2, 0) is 6.42 Å². The van der Waals surface area contributed by atoms with Crippen LogP contribution in [0.1, 0.15) is 23.1 Å². The van der Waals surface area contributed by atoms with Gasteiger partial charge in [-0.05, 0) is 143 Å². The Morgan fingerprint density at radius 1 is 0.364 bits per heavy atom. The van der Waals surface area contributed by atoms with Gasteiger partial charge in [-0.15, -0.1) is 0 Å². The molecule has 0 fully saturated rings. The highest BCUT2D eigenvalue weighted by Gasteiger charge is 2.32. The van der Waals surface area contributed by atoms with Crippen LogP contribution in [0.4, 0.5) is 0 Å². The van der Waals surface area contributed by atoms with E-state index in [4.69, 9.17) is 0 Å². The van der Waals surface area contributed by atoms with E-state index >= 15 is 0 Å². The van der Waals surface area contributed by atoms with Gasteiger partial charge in [0, 0.05) is 0 Å². The van der Waals surface area contributed by atoms with E-state index in [2.05, 4.69) is 109 Å². The first kappa shape index (κ1) is 21.3. The minimum Gasteiger partial charge on any atom is -0.0801 e. The molecule has 11 aromatic carbocycles. The van der Waals surface area contributed by atoms with Crippen molar-refractivity contribution in [3.05, 3.63) is 120 Å². The third-order valence-electron chi connectivity index (χ3n) is 11.6. The largest absolute Gasteiger partial charge is 0.0801 e. The Morgan fingerprint density at radius 2 is 0.773 bits per heavy atom. The lowest BCUT2D eigenvalue weighted by atomic mass is 9.75. The van der Waals surface area contributed by atoms with Crippen molar-refractivity contribution in [1.29, 1.82) is 0 Å². The third-order valence-corrected chi connectivity index (χ3v) is 11.6. The molecule has 0 atom stereocenters. The van der Waals surface area contributed by atoms with Crippen LogP contribution < -0.4 is 0 Å². The minimum atomic E-state index is 0.959. The molecule has 198 valence electrons. The van der Waals surface area contributed by atoms with E-state index < -0.39 is 0 Å². The number of fused-ring (bicyclic) bond motifs is 7. The van der Waals surface area contributed by atoms with Crippen molar-refractivity contribution >= 4 is 119 Å². The van der Waals surface area contributed by atoms with Crippen molar-refractivity contribution in [1.82, 2.24) is 0 Å². The summed E-state index contributed by atoms with van der Waals surface area (Å²) in [5.41, 5.74) is 5.82. The molecule has 0 spiro atoms. The smallest absolute Gasteiger partial charge is 0.0000480 e. The Morgan fingerprint density at radius 3 is 1.32 bits per heavy atom. The van der Waals surface area contributed by atoms with Crippen molar-refractivity contribution < 1.29 is 0 Å². The zero-order valence-electron chi connectivity index (χ0n) is 23.8. The zero-order valence-corrected chi connectivity index (χ0v) is 23.8. The SMILES string of the molecule is C1=C\c2c3c4c5c6c(cccc6c6cccc7c8cccc9c%10cccc%11c%12cccc2c%12c4c(c%11%10)c(c89)c5c67)/C(=C/C/1)C3. The van der Waals surface area contributed by atoms with Crippen LogP contribution in [0, 0.1) is 0 Å². The fraction of sp³-hybridized carbons (Fsp3) is 0.0455. The first-order valence-electron chi connectivity index (χ1n) is 15.9. The topological polar surface area (TPSA) is 0 Å². The lowest BCUT2D eigenvalue weighted by Gasteiger charge is -2.27. The van der Waals surface area contributed by atoms with E-state index in [0.717, 1.165) is 12.8 Å². The number of hydrogen-bond acceptors (Lipinski definition) is 0. The molecule has 0 aromatic heterocycles. The predicted octanol–water partition coefficient (Wildman–Crippen LogP) is 12.3. The van der Waals surface area contributed by atoms with Gasteiger partial charge in [0.1, 0.15) is 0 Å². The summed E-state index contributed by atoms with van der Waals surface area (Å²) in [5, 5.41) is 28.6. The molecule has 0 radical (unpaired) electrons. The molecule has 0 saturated carbocycles. The lowest BCUT2D eigenvalue weighted by Crippen LogP contribution is -2.01. The average molecular weight is 551 g/mol. The number of rotatable bonds is 0. The van der Waals surface area contributed by atoms with Crippen LogP contribution in [0.3, 0.4) is 0 Å². The fourth-order valence-electron chi connectivity index (χ4n) is 10.2. The van der Waals surface area contributed by atoms with Crippen LogP contribution in [0.25, 0.3) is 119 Å². The second-order valence-corrected chi connectivity index (χ2v) is 13.3. The number of hydrogen-bond donors (Lipinski definition) is 0. The molecule has 0 N–H and O–H groups in total. The van der Waals surface area contributed by atoms with Gasteiger partial charge in [0.25, 0.3) is 0 Å². The molecule has 0 unspecified atom stereocenters. The summed E-state index contributed by atoms with van der Waals surface area (Å²) < 4.78 is 0. The summed E-state index contributed by atoms with van der Waals surface area (Å²) in [6.45, 7) is 0. The van der Waals surface area contributed by atoms with Crippen molar-refractivity contribution in [2.24, 2.45) is 0 Å². The molecule has 2 aliphatic carbocycles. The van der Waals surface area contributed by atoms with Crippen LogP contribution >= 0.6 is 0 Å². The summed E-state index contributed by atoms with van der Waals surface area (Å²) in [4.78, 5) is 0. The predicted molar refractivity (Wildman–Crippen MR) is 192 cm³/mol. The van der Waals surface area contributed by atoms with E-state index in [0.29, 0.717) is 0 Å². The van der Waals surface area contributed by atoms with E-state index in [1.54, 1.807) is 0 Å². The molecule has 13 rings (SSSR count). The number of allylic oxidation sites excluding steroid dienone is 3. The van der Waals surface area contributed by atoms with Gasteiger partial charge in [0.15, 0.2) is 0 Å². The van der Waals surface area contributed by atoms with Gasteiger partial charge in [0.05, 0.1) is 0 Å². The third kappa shape index (κ3) is 2.01.